The summed E-state index contributed by atoms with van der Waals surface area (Å²) in [5.41, 5.74) is 4.95. The average molecular weight is 695 g/mol. The Hall–Kier alpha value is -4.62. The molecule has 4 nitrogen and oxygen atoms in total. The summed E-state index contributed by atoms with van der Waals surface area (Å²) in [7, 11) is 1.54. The topological polar surface area (TPSA) is 36.9 Å². The molecule has 0 bridgehead atoms. The first kappa shape index (κ1) is 32.6. The fourth-order valence-corrected chi connectivity index (χ4v) is 12.4. The molecule has 0 radical (unpaired) electrons. The SMILES string of the molecule is COc1ccccc1P(c1ccccc1OC)c1cc(-c2cccc(P(c3ccccc3)c3cccc4c3OCCC4)c2)cc2c1OCCC2. The summed E-state index contributed by atoms with van der Waals surface area (Å²) in [6.07, 6.45) is 4.09. The van der Waals surface area contributed by atoms with Crippen LogP contribution in [0.15, 0.2) is 133 Å². The Balaban J connectivity index is 1.32. The molecule has 0 aromatic heterocycles. The summed E-state index contributed by atoms with van der Waals surface area (Å²) in [4.78, 5) is 0. The van der Waals surface area contributed by atoms with Crippen LogP contribution in [-0.2, 0) is 12.8 Å². The van der Waals surface area contributed by atoms with Crippen LogP contribution in [0.25, 0.3) is 11.1 Å². The molecule has 6 aromatic carbocycles. The van der Waals surface area contributed by atoms with Crippen molar-refractivity contribution in [2.45, 2.75) is 25.7 Å². The van der Waals surface area contributed by atoms with Crippen molar-refractivity contribution in [2.75, 3.05) is 27.4 Å². The molecular weight excluding hydrogens is 654 g/mol. The largest absolute Gasteiger partial charge is 0.496 e. The maximum absolute atomic E-state index is 6.57. The maximum Gasteiger partial charge on any atom is 0.130 e. The van der Waals surface area contributed by atoms with Gasteiger partial charge in [-0.3, -0.25) is 0 Å². The molecule has 0 fully saturated rings. The minimum Gasteiger partial charge on any atom is -0.496 e. The third kappa shape index (κ3) is 6.28. The summed E-state index contributed by atoms with van der Waals surface area (Å²) in [6, 6.07) is 48.3. The van der Waals surface area contributed by atoms with E-state index in [9.17, 15) is 0 Å². The molecule has 2 heterocycles. The van der Waals surface area contributed by atoms with Gasteiger partial charge in [-0.25, -0.2) is 0 Å². The number of rotatable bonds is 9. The van der Waals surface area contributed by atoms with Gasteiger partial charge in [-0.2, -0.15) is 0 Å². The van der Waals surface area contributed by atoms with Gasteiger partial charge >= 0.3 is 0 Å². The molecule has 50 heavy (non-hydrogen) atoms. The molecule has 2 aliphatic heterocycles. The smallest absolute Gasteiger partial charge is 0.130 e. The molecule has 6 heteroatoms. The van der Waals surface area contributed by atoms with Gasteiger partial charge in [0.15, 0.2) is 0 Å². The number of benzene rings is 6. The molecule has 8 rings (SSSR count). The summed E-state index contributed by atoms with van der Waals surface area (Å²) in [6.45, 7) is 1.48. The lowest BCUT2D eigenvalue weighted by Crippen LogP contribution is -2.27. The molecule has 1 unspecified atom stereocenters. The van der Waals surface area contributed by atoms with Gasteiger partial charge < -0.3 is 18.9 Å². The maximum atomic E-state index is 6.57. The Morgan fingerprint density at radius 1 is 0.460 bits per heavy atom. The zero-order valence-electron chi connectivity index (χ0n) is 28.5. The Morgan fingerprint density at radius 3 is 1.74 bits per heavy atom. The third-order valence-electron chi connectivity index (χ3n) is 9.48. The van der Waals surface area contributed by atoms with Gasteiger partial charge in [-0.05, 0) is 105 Å². The second kappa shape index (κ2) is 14.7. The van der Waals surface area contributed by atoms with Gasteiger partial charge in [0.25, 0.3) is 0 Å². The van der Waals surface area contributed by atoms with Crippen LogP contribution in [0.3, 0.4) is 0 Å². The quantitative estimate of drug-likeness (QED) is 0.147. The number of hydrogen-bond donors (Lipinski definition) is 0. The van der Waals surface area contributed by atoms with E-state index in [0.29, 0.717) is 6.61 Å². The predicted octanol–water partition coefficient (Wildman–Crippen LogP) is 7.54. The van der Waals surface area contributed by atoms with Crippen LogP contribution in [0.2, 0.25) is 0 Å². The number of methoxy groups -OCH3 is 2. The zero-order valence-corrected chi connectivity index (χ0v) is 30.3. The van der Waals surface area contributed by atoms with E-state index >= 15 is 0 Å². The highest BCUT2D eigenvalue weighted by atomic mass is 31.1. The van der Waals surface area contributed by atoms with Crippen LogP contribution in [0.5, 0.6) is 23.0 Å². The van der Waals surface area contributed by atoms with Gasteiger partial charge in [0.2, 0.25) is 0 Å². The molecule has 2 aliphatic rings. The van der Waals surface area contributed by atoms with Crippen LogP contribution >= 0.6 is 15.8 Å². The Kier molecular flexibility index (Phi) is 9.58. The lowest BCUT2D eigenvalue weighted by molar-refractivity contribution is 0.291. The molecule has 250 valence electrons. The molecule has 0 amide bonds. The normalized spacial score (nSPS) is 14.1. The van der Waals surface area contributed by atoms with Gasteiger partial charge in [0, 0.05) is 21.2 Å². The van der Waals surface area contributed by atoms with E-state index < -0.39 is 15.8 Å². The van der Waals surface area contributed by atoms with E-state index in [1.165, 1.54) is 43.5 Å². The zero-order chi connectivity index (χ0) is 33.9. The lowest BCUT2D eigenvalue weighted by atomic mass is 9.99. The summed E-state index contributed by atoms with van der Waals surface area (Å²) in [5.74, 6) is 3.80. The fourth-order valence-electron chi connectivity index (χ4n) is 7.19. The van der Waals surface area contributed by atoms with Gasteiger partial charge in [0.05, 0.1) is 27.4 Å². The van der Waals surface area contributed by atoms with Gasteiger partial charge in [-0.1, -0.05) is 103 Å². The Bertz CT molecular complexity index is 2080. The van der Waals surface area contributed by atoms with Crippen LogP contribution in [0.1, 0.15) is 24.0 Å². The van der Waals surface area contributed by atoms with Crippen LogP contribution in [0.4, 0.5) is 0 Å². The van der Waals surface area contributed by atoms with E-state index in [1.807, 2.05) is 12.1 Å². The second-order valence-corrected chi connectivity index (χ2v) is 16.9. The number of aryl methyl sites for hydroxylation is 2. The van der Waals surface area contributed by atoms with Crippen molar-refractivity contribution in [2.24, 2.45) is 0 Å². The van der Waals surface area contributed by atoms with Crippen LogP contribution in [0, 0.1) is 0 Å². The lowest BCUT2D eigenvalue weighted by Gasteiger charge is -2.29. The van der Waals surface area contributed by atoms with E-state index in [0.717, 1.165) is 65.9 Å². The fraction of sp³-hybridized carbons (Fsp3) is 0.182. The van der Waals surface area contributed by atoms with E-state index in [1.54, 1.807) is 14.2 Å². The molecule has 0 N–H and O–H groups in total. The molecule has 0 aliphatic carbocycles. The summed E-state index contributed by atoms with van der Waals surface area (Å²) in [5, 5.41) is 7.37. The number of fused-ring (bicyclic) bond motifs is 2. The minimum absolute atomic E-state index is 0.709. The van der Waals surface area contributed by atoms with Gasteiger partial charge in [0.1, 0.15) is 23.0 Å². The van der Waals surface area contributed by atoms with Crippen molar-refractivity contribution in [1.29, 1.82) is 0 Å². The van der Waals surface area contributed by atoms with Crippen molar-refractivity contribution in [3.8, 4) is 34.1 Å². The van der Waals surface area contributed by atoms with E-state index in [4.69, 9.17) is 18.9 Å². The first-order valence-electron chi connectivity index (χ1n) is 17.3. The van der Waals surface area contributed by atoms with E-state index in [-0.39, 0.29) is 0 Å². The molecule has 0 saturated carbocycles. The second-order valence-electron chi connectivity index (χ2n) is 12.6. The molecule has 1 atom stereocenters. The highest BCUT2D eigenvalue weighted by Crippen LogP contribution is 2.46. The molecular formula is C44H40O4P2. The highest BCUT2D eigenvalue weighted by Gasteiger charge is 2.30. The number of ether oxygens (including phenoxy) is 4. The van der Waals surface area contributed by atoms with Crippen LogP contribution in [-0.4, -0.2) is 27.4 Å². The summed E-state index contributed by atoms with van der Waals surface area (Å²) < 4.78 is 25.0. The standard InChI is InChI=1S/C44H40O4P2/c1-45-37-21-6-8-23-39(37)50(40-24-9-7-22-38(40)46-2)42-30-34(28-33-17-13-27-48-44(33)42)32-15-10-20-36(29-32)49(35-18-4-3-5-19-35)41-25-11-14-31-16-12-26-47-43(31)41/h3-11,14-15,18-25,28-30H,12-13,16-17,26-27H2,1-2H3. The number of para-hydroxylation sites is 3. The predicted molar refractivity (Wildman–Crippen MR) is 210 cm³/mol. The highest BCUT2D eigenvalue weighted by molar-refractivity contribution is 7.80. The first-order chi connectivity index (χ1) is 24.7. The minimum atomic E-state index is -1.11. The van der Waals surface area contributed by atoms with Crippen molar-refractivity contribution in [1.82, 2.24) is 0 Å². The van der Waals surface area contributed by atoms with Crippen LogP contribution < -0.4 is 50.8 Å². The van der Waals surface area contributed by atoms with Crippen molar-refractivity contribution in [3.63, 3.8) is 0 Å². The third-order valence-corrected chi connectivity index (χ3v) is 14.4. The molecule has 0 spiro atoms. The van der Waals surface area contributed by atoms with Crippen molar-refractivity contribution >= 4 is 47.7 Å². The first-order valence-corrected chi connectivity index (χ1v) is 20.0. The average Bonchev–Trinajstić information content (AvgIpc) is 3.19. The van der Waals surface area contributed by atoms with Crippen molar-refractivity contribution in [3.05, 3.63) is 145 Å². The monoisotopic (exact) mass is 694 g/mol. The Labute approximate surface area is 297 Å². The Morgan fingerprint density at radius 2 is 1.04 bits per heavy atom. The van der Waals surface area contributed by atoms with E-state index in [2.05, 4.69) is 121 Å². The number of hydrogen-bond acceptors (Lipinski definition) is 4. The van der Waals surface area contributed by atoms with Gasteiger partial charge in [-0.15, -0.1) is 0 Å². The molecule has 0 saturated heterocycles. The molecule has 6 aromatic rings. The van der Waals surface area contributed by atoms with Crippen molar-refractivity contribution < 1.29 is 18.9 Å². The summed E-state index contributed by atoms with van der Waals surface area (Å²) >= 11 is 0.